The van der Waals surface area contributed by atoms with E-state index in [9.17, 15) is 4.79 Å². The van der Waals surface area contributed by atoms with Crippen LogP contribution in [-0.2, 0) is 21.4 Å². The third-order valence-corrected chi connectivity index (χ3v) is 2.80. The molecule has 0 fully saturated rings. The summed E-state index contributed by atoms with van der Waals surface area (Å²) in [6.07, 6.45) is 0. The molecule has 4 nitrogen and oxygen atoms in total. The van der Waals surface area contributed by atoms with Crippen LogP contribution in [0, 0.1) is 0 Å². The van der Waals surface area contributed by atoms with Crippen molar-refractivity contribution >= 4 is 21.9 Å². The normalized spacial score (nSPS) is 10.5. The van der Waals surface area contributed by atoms with Crippen molar-refractivity contribution in [2.75, 3.05) is 20.3 Å². The number of aromatic carboxylic acids is 1. The molecule has 0 spiro atoms. The van der Waals surface area contributed by atoms with Gasteiger partial charge in [-0.25, -0.2) is 4.79 Å². The molecule has 17 heavy (non-hydrogen) atoms. The van der Waals surface area contributed by atoms with E-state index in [2.05, 4.69) is 15.9 Å². The molecule has 0 saturated carbocycles. The van der Waals surface area contributed by atoms with E-state index in [0.717, 1.165) is 11.1 Å². The lowest BCUT2D eigenvalue weighted by molar-refractivity contribution is 0.0614. The lowest BCUT2D eigenvalue weighted by Crippen LogP contribution is -2.04. The first-order valence-corrected chi connectivity index (χ1v) is 6.28. The Labute approximate surface area is 109 Å². The summed E-state index contributed by atoms with van der Waals surface area (Å²) in [6.45, 7) is 1.42. The first-order chi connectivity index (χ1) is 8.17. The molecular weight excluding hydrogens is 288 g/mol. The SMILES string of the molecule is COCCOCc1cc(CBr)cc(C(=O)O)c1. The van der Waals surface area contributed by atoms with Crippen molar-refractivity contribution < 1.29 is 19.4 Å². The second kappa shape index (κ2) is 7.42. The van der Waals surface area contributed by atoms with E-state index < -0.39 is 5.97 Å². The van der Waals surface area contributed by atoms with E-state index in [1.54, 1.807) is 19.2 Å². The van der Waals surface area contributed by atoms with Gasteiger partial charge in [0.25, 0.3) is 0 Å². The number of hydrogen-bond acceptors (Lipinski definition) is 3. The number of halogens is 1. The molecule has 5 heteroatoms. The van der Waals surface area contributed by atoms with Crippen LogP contribution in [0.4, 0.5) is 0 Å². The number of rotatable bonds is 7. The van der Waals surface area contributed by atoms with Crippen molar-refractivity contribution in [2.45, 2.75) is 11.9 Å². The largest absolute Gasteiger partial charge is 0.478 e. The van der Waals surface area contributed by atoms with Gasteiger partial charge in [0.15, 0.2) is 0 Å². The summed E-state index contributed by atoms with van der Waals surface area (Å²) in [4.78, 5) is 10.9. The molecule has 94 valence electrons. The lowest BCUT2D eigenvalue weighted by Gasteiger charge is -2.07. The number of methoxy groups -OCH3 is 1. The van der Waals surface area contributed by atoms with E-state index in [0.29, 0.717) is 25.2 Å². The second-order valence-electron chi connectivity index (χ2n) is 3.52. The zero-order valence-electron chi connectivity index (χ0n) is 9.61. The van der Waals surface area contributed by atoms with Gasteiger partial charge in [-0.05, 0) is 23.3 Å². The van der Waals surface area contributed by atoms with Crippen LogP contribution in [-0.4, -0.2) is 31.4 Å². The number of carboxylic acids is 1. The number of alkyl halides is 1. The standard InChI is InChI=1S/C12H15BrO4/c1-16-2-3-17-8-10-4-9(7-13)5-11(6-10)12(14)15/h4-6H,2-3,7-8H2,1H3,(H,14,15). The maximum Gasteiger partial charge on any atom is 0.335 e. The quantitative estimate of drug-likeness (QED) is 0.621. The summed E-state index contributed by atoms with van der Waals surface area (Å²) in [7, 11) is 1.61. The van der Waals surface area contributed by atoms with Crippen LogP contribution < -0.4 is 0 Å². The summed E-state index contributed by atoms with van der Waals surface area (Å²) in [5, 5.41) is 9.59. The third-order valence-electron chi connectivity index (χ3n) is 2.15. The summed E-state index contributed by atoms with van der Waals surface area (Å²) in [5.74, 6) is -0.925. The highest BCUT2D eigenvalue weighted by Gasteiger charge is 2.06. The maximum absolute atomic E-state index is 10.9. The topological polar surface area (TPSA) is 55.8 Å². The van der Waals surface area contributed by atoms with Gasteiger partial charge in [-0.2, -0.15) is 0 Å². The van der Waals surface area contributed by atoms with Gasteiger partial charge >= 0.3 is 5.97 Å². The zero-order chi connectivity index (χ0) is 12.7. The Morgan fingerprint density at radius 3 is 2.59 bits per heavy atom. The molecule has 0 heterocycles. The predicted molar refractivity (Wildman–Crippen MR) is 67.6 cm³/mol. The Kier molecular flexibility index (Phi) is 6.18. The predicted octanol–water partition coefficient (Wildman–Crippen LogP) is 2.44. The van der Waals surface area contributed by atoms with Crippen LogP contribution in [0.2, 0.25) is 0 Å². The first kappa shape index (κ1) is 14.2. The smallest absolute Gasteiger partial charge is 0.335 e. The van der Waals surface area contributed by atoms with Crippen LogP contribution in [0.5, 0.6) is 0 Å². The first-order valence-electron chi connectivity index (χ1n) is 5.16. The number of carbonyl (C=O) groups is 1. The molecule has 0 aliphatic carbocycles. The Balaban J connectivity index is 2.70. The van der Waals surface area contributed by atoms with Gasteiger partial charge in [-0.1, -0.05) is 22.0 Å². The van der Waals surface area contributed by atoms with Gasteiger partial charge in [0.05, 0.1) is 25.4 Å². The van der Waals surface area contributed by atoms with Gasteiger partial charge in [-0.15, -0.1) is 0 Å². The highest BCUT2D eigenvalue weighted by molar-refractivity contribution is 9.08. The van der Waals surface area contributed by atoms with Crippen molar-refractivity contribution in [2.24, 2.45) is 0 Å². The van der Waals surface area contributed by atoms with Crippen LogP contribution in [0.3, 0.4) is 0 Å². The Morgan fingerprint density at radius 2 is 2.00 bits per heavy atom. The molecule has 0 unspecified atom stereocenters. The Bertz CT molecular complexity index is 379. The number of carboxylic acid groups (broad SMARTS) is 1. The maximum atomic E-state index is 10.9. The molecule has 0 aromatic heterocycles. The minimum absolute atomic E-state index is 0.285. The molecule has 1 aromatic rings. The summed E-state index contributed by atoms with van der Waals surface area (Å²) >= 11 is 3.31. The monoisotopic (exact) mass is 302 g/mol. The van der Waals surface area contributed by atoms with Crippen LogP contribution in [0.15, 0.2) is 18.2 Å². The highest BCUT2D eigenvalue weighted by Crippen LogP contribution is 2.14. The molecule has 0 bridgehead atoms. The number of hydrogen-bond donors (Lipinski definition) is 1. The van der Waals surface area contributed by atoms with E-state index in [1.807, 2.05) is 6.07 Å². The minimum Gasteiger partial charge on any atom is -0.478 e. The number of benzene rings is 1. The van der Waals surface area contributed by atoms with E-state index >= 15 is 0 Å². The molecule has 0 amide bonds. The van der Waals surface area contributed by atoms with Gasteiger partial charge in [0.1, 0.15) is 0 Å². The van der Waals surface area contributed by atoms with Gasteiger partial charge in [0.2, 0.25) is 0 Å². The lowest BCUT2D eigenvalue weighted by atomic mass is 10.1. The van der Waals surface area contributed by atoms with Crippen molar-refractivity contribution in [3.8, 4) is 0 Å². The molecule has 0 saturated heterocycles. The highest BCUT2D eigenvalue weighted by atomic mass is 79.9. The fourth-order valence-corrected chi connectivity index (χ4v) is 1.70. The van der Waals surface area contributed by atoms with E-state index in [-0.39, 0.29) is 5.56 Å². The van der Waals surface area contributed by atoms with Gasteiger partial charge in [-0.3, -0.25) is 0 Å². The molecule has 0 aliphatic rings. The Hall–Kier alpha value is -0.910. The van der Waals surface area contributed by atoms with E-state index in [4.69, 9.17) is 14.6 Å². The van der Waals surface area contributed by atoms with Gasteiger partial charge in [0, 0.05) is 12.4 Å². The number of ether oxygens (including phenoxy) is 2. The molecule has 1 rings (SSSR count). The minimum atomic E-state index is -0.925. The average Bonchev–Trinajstić information content (AvgIpc) is 2.34. The fraction of sp³-hybridized carbons (Fsp3) is 0.417. The third kappa shape index (κ3) is 4.85. The van der Waals surface area contributed by atoms with Crippen molar-refractivity contribution in [1.82, 2.24) is 0 Å². The zero-order valence-corrected chi connectivity index (χ0v) is 11.2. The molecule has 0 atom stereocenters. The van der Waals surface area contributed by atoms with E-state index in [1.165, 1.54) is 0 Å². The molecule has 1 aromatic carbocycles. The summed E-state index contributed by atoms with van der Waals surface area (Å²) in [6, 6.07) is 5.20. The fourth-order valence-electron chi connectivity index (χ4n) is 1.38. The molecular formula is C12H15BrO4. The summed E-state index contributed by atoms with van der Waals surface area (Å²) < 4.78 is 10.2. The summed E-state index contributed by atoms with van der Waals surface area (Å²) in [5.41, 5.74) is 2.07. The molecule has 0 radical (unpaired) electrons. The second-order valence-corrected chi connectivity index (χ2v) is 4.08. The van der Waals surface area contributed by atoms with Crippen molar-refractivity contribution in [1.29, 1.82) is 0 Å². The van der Waals surface area contributed by atoms with Crippen LogP contribution in [0.25, 0.3) is 0 Å². The van der Waals surface area contributed by atoms with Crippen LogP contribution in [0.1, 0.15) is 21.5 Å². The molecule has 0 aliphatic heterocycles. The van der Waals surface area contributed by atoms with Crippen molar-refractivity contribution in [3.05, 3.63) is 34.9 Å². The van der Waals surface area contributed by atoms with Crippen molar-refractivity contribution in [3.63, 3.8) is 0 Å². The van der Waals surface area contributed by atoms with Gasteiger partial charge < -0.3 is 14.6 Å². The van der Waals surface area contributed by atoms with Crippen LogP contribution >= 0.6 is 15.9 Å². The Morgan fingerprint density at radius 1 is 1.29 bits per heavy atom. The molecule has 1 N–H and O–H groups in total. The average molecular weight is 303 g/mol.